The maximum absolute atomic E-state index is 11.7. The van der Waals surface area contributed by atoms with Crippen LogP contribution in [-0.4, -0.2) is 56.1 Å². The third kappa shape index (κ3) is 7.79. The minimum absolute atomic E-state index is 0.232. The summed E-state index contributed by atoms with van der Waals surface area (Å²) in [7, 11) is 0. The molecule has 0 aromatic rings. The van der Waals surface area contributed by atoms with Gasteiger partial charge < -0.3 is 10.6 Å². The van der Waals surface area contributed by atoms with E-state index in [0.29, 0.717) is 19.0 Å². The van der Waals surface area contributed by atoms with E-state index in [1.165, 1.54) is 0 Å². The van der Waals surface area contributed by atoms with Gasteiger partial charge in [-0.3, -0.25) is 15.0 Å². The molecule has 110 valence electrons. The van der Waals surface area contributed by atoms with E-state index in [0.717, 1.165) is 39.0 Å². The van der Waals surface area contributed by atoms with Crippen molar-refractivity contribution in [3.8, 4) is 0 Å². The molecule has 1 aliphatic heterocycles. The summed E-state index contributed by atoms with van der Waals surface area (Å²) in [6.07, 6.45) is 1.95. The van der Waals surface area contributed by atoms with Gasteiger partial charge in [0.1, 0.15) is 0 Å². The topological polar surface area (TPSA) is 73.5 Å². The second-order valence-electron chi connectivity index (χ2n) is 5.37. The summed E-state index contributed by atoms with van der Waals surface area (Å²) >= 11 is 0. The molecule has 1 aliphatic rings. The van der Waals surface area contributed by atoms with Crippen LogP contribution in [0, 0.1) is 5.92 Å². The van der Waals surface area contributed by atoms with Gasteiger partial charge in [-0.1, -0.05) is 13.8 Å². The van der Waals surface area contributed by atoms with Gasteiger partial charge in [-0.25, -0.2) is 4.79 Å². The summed E-state index contributed by atoms with van der Waals surface area (Å²) in [5.74, 6) is 0.310. The number of carbonyl (C=O) groups excluding carboxylic acids is 2. The molecule has 0 atom stereocenters. The van der Waals surface area contributed by atoms with E-state index >= 15 is 0 Å². The Bertz CT molecular complexity index is 286. The highest BCUT2D eigenvalue weighted by atomic mass is 16.2. The second kappa shape index (κ2) is 8.87. The molecular formula is C13H26N4O2. The van der Waals surface area contributed by atoms with Gasteiger partial charge in [0, 0.05) is 19.6 Å². The number of rotatable bonds is 5. The van der Waals surface area contributed by atoms with Gasteiger partial charge >= 0.3 is 6.03 Å². The van der Waals surface area contributed by atoms with Crippen molar-refractivity contribution < 1.29 is 9.59 Å². The number of nitrogens with one attached hydrogen (secondary N) is 3. The molecule has 1 heterocycles. The molecule has 0 aliphatic carbocycles. The maximum atomic E-state index is 11.7. The molecule has 0 aromatic heterocycles. The molecule has 0 unspecified atom stereocenters. The van der Waals surface area contributed by atoms with Crippen LogP contribution < -0.4 is 16.0 Å². The normalized spacial score (nSPS) is 17.0. The molecule has 0 aromatic carbocycles. The first kappa shape index (κ1) is 15.9. The Balaban J connectivity index is 2.16. The van der Waals surface area contributed by atoms with Gasteiger partial charge in [-0.2, -0.15) is 0 Å². The first-order chi connectivity index (χ1) is 9.08. The van der Waals surface area contributed by atoms with E-state index < -0.39 is 6.03 Å². The minimum atomic E-state index is -0.390. The second-order valence-corrected chi connectivity index (χ2v) is 5.37. The Labute approximate surface area is 115 Å². The Morgan fingerprint density at radius 1 is 1.26 bits per heavy atom. The molecule has 3 amide bonds. The number of nitrogens with zero attached hydrogens (tertiary/aromatic N) is 1. The van der Waals surface area contributed by atoms with E-state index in [4.69, 9.17) is 0 Å². The van der Waals surface area contributed by atoms with Gasteiger partial charge in [0.15, 0.2) is 0 Å². The van der Waals surface area contributed by atoms with Crippen LogP contribution in [0.5, 0.6) is 0 Å². The molecule has 3 N–H and O–H groups in total. The van der Waals surface area contributed by atoms with Gasteiger partial charge in [-0.15, -0.1) is 0 Å². The number of amides is 3. The van der Waals surface area contributed by atoms with Crippen LogP contribution in [0.25, 0.3) is 0 Å². The third-order valence-corrected chi connectivity index (χ3v) is 3.06. The zero-order valence-electron chi connectivity index (χ0n) is 12.0. The molecule has 0 saturated carbocycles. The molecule has 6 nitrogen and oxygen atoms in total. The number of hydrogen-bond donors (Lipinski definition) is 3. The standard InChI is InChI=1S/C13H26N4O2/c1-11(2)4-6-15-13(19)16-12(18)10-17-8-3-5-14-7-9-17/h11,14H,3-10H2,1-2H3,(H2,15,16,18,19). The average molecular weight is 270 g/mol. The van der Waals surface area contributed by atoms with Crippen molar-refractivity contribution in [3.63, 3.8) is 0 Å². The summed E-state index contributed by atoms with van der Waals surface area (Å²) < 4.78 is 0. The number of urea groups is 1. The highest BCUT2D eigenvalue weighted by Crippen LogP contribution is 1.96. The lowest BCUT2D eigenvalue weighted by Crippen LogP contribution is -2.45. The van der Waals surface area contributed by atoms with E-state index in [2.05, 4.69) is 34.7 Å². The molecule has 0 radical (unpaired) electrons. The predicted molar refractivity (Wildman–Crippen MR) is 74.9 cm³/mol. The van der Waals surface area contributed by atoms with Crippen LogP contribution in [0.15, 0.2) is 0 Å². The Morgan fingerprint density at radius 3 is 2.79 bits per heavy atom. The fourth-order valence-electron chi connectivity index (χ4n) is 1.95. The lowest BCUT2D eigenvalue weighted by molar-refractivity contribution is -0.121. The minimum Gasteiger partial charge on any atom is -0.338 e. The largest absolute Gasteiger partial charge is 0.338 e. The Kier molecular flexibility index (Phi) is 7.43. The monoisotopic (exact) mass is 270 g/mol. The van der Waals surface area contributed by atoms with Crippen LogP contribution >= 0.6 is 0 Å². The first-order valence-electron chi connectivity index (χ1n) is 7.08. The van der Waals surface area contributed by atoms with Crippen LogP contribution in [0.1, 0.15) is 26.7 Å². The molecular weight excluding hydrogens is 244 g/mol. The summed E-state index contributed by atoms with van der Waals surface area (Å²) in [6, 6.07) is -0.390. The average Bonchev–Trinajstić information content (AvgIpc) is 2.56. The summed E-state index contributed by atoms with van der Waals surface area (Å²) in [6.45, 7) is 8.72. The van der Waals surface area contributed by atoms with Crippen molar-refractivity contribution in [2.24, 2.45) is 5.92 Å². The van der Waals surface area contributed by atoms with Crippen LogP contribution in [-0.2, 0) is 4.79 Å². The zero-order valence-corrected chi connectivity index (χ0v) is 12.0. The quantitative estimate of drug-likeness (QED) is 0.665. The summed E-state index contributed by atoms with van der Waals surface area (Å²) in [5.41, 5.74) is 0. The lowest BCUT2D eigenvalue weighted by Gasteiger charge is -2.18. The maximum Gasteiger partial charge on any atom is 0.321 e. The van der Waals surface area contributed by atoms with Gasteiger partial charge in [-0.05, 0) is 31.8 Å². The zero-order chi connectivity index (χ0) is 14.1. The van der Waals surface area contributed by atoms with Crippen molar-refractivity contribution in [1.82, 2.24) is 20.9 Å². The van der Waals surface area contributed by atoms with Crippen LogP contribution in [0.4, 0.5) is 4.79 Å². The fourth-order valence-corrected chi connectivity index (χ4v) is 1.95. The van der Waals surface area contributed by atoms with Gasteiger partial charge in [0.25, 0.3) is 0 Å². The van der Waals surface area contributed by atoms with E-state index in [9.17, 15) is 9.59 Å². The molecule has 1 rings (SSSR count). The molecule has 0 spiro atoms. The van der Waals surface area contributed by atoms with E-state index in [-0.39, 0.29) is 5.91 Å². The van der Waals surface area contributed by atoms with Gasteiger partial charge in [0.2, 0.25) is 5.91 Å². The van der Waals surface area contributed by atoms with E-state index in [1.807, 2.05) is 0 Å². The van der Waals surface area contributed by atoms with Crippen molar-refractivity contribution in [3.05, 3.63) is 0 Å². The predicted octanol–water partition coefficient (Wildman–Crippen LogP) is 0.154. The van der Waals surface area contributed by atoms with Crippen molar-refractivity contribution in [2.45, 2.75) is 26.7 Å². The number of imide groups is 1. The smallest absolute Gasteiger partial charge is 0.321 e. The third-order valence-electron chi connectivity index (χ3n) is 3.06. The van der Waals surface area contributed by atoms with Crippen LogP contribution in [0.3, 0.4) is 0 Å². The highest BCUT2D eigenvalue weighted by Gasteiger charge is 2.14. The van der Waals surface area contributed by atoms with Crippen molar-refractivity contribution in [2.75, 3.05) is 39.3 Å². The van der Waals surface area contributed by atoms with Gasteiger partial charge in [0.05, 0.1) is 6.54 Å². The number of carbonyl (C=O) groups is 2. The molecule has 6 heteroatoms. The summed E-state index contributed by atoms with van der Waals surface area (Å²) in [5, 5.41) is 8.34. The Hall–Kier alpha value is -1.14. The molecule has 1 fully saturated rings. The number of hydrogen-bond acceptors (Lipinski definition) is 4. The first-order valence-corrected chi connectivity index (χ1v) is 7.08. The summed E-state index contributed by atoms with van der Waals surface area (Å²) in [4.78, 5) is 25.2. The SMILES string of the molecule is CC(C)CCNC(=O)NC(=O)CN1CCCNCC1. The van der Waals surface area contributed by atoms with Crippen LogP contribution in [0.2, 0.25) is 0 Å². The van der Waals surface area contributed by atoms with E-state index in [1.54, 1.807) is 0 Å². The molecule has 19 heavy (non-hydrogen) atoms. The highest BCUT2D eigenvalue weighted by molar-refractivity contribution is 5.95. The molecule has 0 bridgehead atoms. The van der Waals surface area contributed by atoms with Crippen molar-refractivity contribution in [1.29, 1.82) is 0 Å². The van der Waals surface area contributed by atoms with Crippen molar-refractivity contribution >= 4 is 11.9 Å². The Morgan fingerprint density at radius 2 is 2.05 bits per heavy atom. The fraction of sp³-hybridized carbons (Fsp3) is 0.846. The lowest BCUT2D eigenvalue weighted by atomic mass is 10.1. The molecule has 1 saturated heterocycles.